The summed E-state index contributed by atoms with van der Waals surface area (Å²) in [5.41, 5.74) is 0. The molecule has 5 heterocycles. The van der Waals surface area contributed by atoms with Crippen LogP contribution in [-0.2, 0) is 103 Å². The van der Waals surface area contributed by atoms with Crippen LogP contribution >= 0.6 is 0 Å². The van der Waals surface area contributed by atoms with Gasteiger partial charge in [0.1, 0.15) is 54.9 Å². The second kappa shape index (κ2) is 26.7. The number of rotatable bonds is 22. The van der Waals surface area contributed by atoms with E-state index in [1.807, 2.05) is 0 Å². The lowest BCUT2D eigenvalue weighted by molar-refractivity contribution is -0.372. The van der Waals surface area contributed by atoms with Crippen molar-refractivity contribution in [1.29, 1.82) is 0 Å². The van der Waals surface area contributed by atoms with Crippen LogP contribution < -0.4 is 0 Å². The minimum atomic E-state index is -2.98. The lowest BCUT2D eigenvalue weighted by Gasteiger charge is -2.47. The summed E-state index contributed by atoms with van der Waals surface area (Å²) in [6.07, 6.45) is -28.5. The van der Waals surface area contributed by atoms with Gasteiger partial charge in [-0.15, -0.1) is 8.67 Å². The van der Waals surface area contributed by atoms with E-state index >= 15 is 0 Å². The van der Waals surface area contributed by atoms with Crippen molar-refractivity contribution >= 4 is 34.7 Å². The van der Waals surface area contributed by atoms with E-state index in [1.165, 1.54) is 21.0 Å². The first kappa shape index (κ1) is 59.2. The Morgan fingerprint density at radius 2 is 0.900 bits per heavy atom. The first-order valence-corrected chi connectivity index (χ1v) is 24.4. The van der Waals surface area contributed by atoms with Gasteiger partial charge in [0.25, 0.3) is 0 Å². The molecule has 5 saturated heterocycles. The molecule has 12 unspecified atom stereocenters. The number of methoxy groups -OCH3 is 1. The molecular formula is C39H66O29S2. The van der Waals surface area contributed by atoms with E-state index in [2.05, 4.69) is 8.67 Å². The van der Waals surface area contributed by atoms with Crippen LogP contribution in [-0.4, -0.2) is 227 Å². The van der Waals surface area contributed by atoms with Crippen molar-refractivity contribution < 1.29 is 139 Å². The van der Waals surface area contributed by atoms with Crippen molar-refractivity contribution in [3.8, 4) is 0 Å². The van der Waals surface area contributed by atoms with E-state index in [4.69, 9.17) is 61.9 Å². The van der Waals surface area contributed by atoms with Gasteiger partial charge >= 0.3 is 34.7 Å². The second-order valence-electron chi connectivity index (χ2n) is 17.6. The molecule has 0 saturated carbocycles. The monoisotopic (exact) mass is 1060 g/mol. The van der Waals surface area contributed by atoms with E-state index < -0.39 is 214 Å². The molecule has 0 amide bonds. The number of carboxylic acid groups (broad SMARTS) is 1. The molecule has 0 aromatic carbocycles. The SMILES string of the molecule is CC[C@@H]1C(O)[C@H](OC[C@@H]2C(O)[C@H](OC[C@@H]3C(O)[C@H](OC[C@@H]4C(CO[C@H]5OC(C(=O)O)[C@@H](O)[C@@H](O)C5O)[C@H](OC)OC(C)[C@H]4OC(C)=O)OC(C)[C@H]3OOS(=O)O)OC(C)[C@H]2OOS(=O)O)OC(C)[C@H]1O. The highest BCUT2D eigenvalue weighted by Crippen LogP contribution is 2.39. The van der Waals surface area contributed by atoms with Crippen molar-refractivity contribution in [1.82, 2.24) is 0 Å². The van der Waals surface area contributed by atoms with E-state index in [1.54, 1.807) is 20.8 Å². The number of aliphatic hydroxyl groups excluding tert-OH is 7. The van der Waals surface area contributed by atoms with Gasteiger partial charge in [-0.2, -0.15) is 8.42 Å². The number of carbonyl (C=O) groups is 2. The standard InChI is InChI=1S/C39H66O29S2/c1-8-18-23(41)13(2)59-36(24(18)42)57-11-21-26(44)38(62-16(5)32(21)66-68-70(52)53)58-12-22-25(43)37(61-15(4)31(22)65-67-69(50)51)55-9-19-20(35(54-7)60-14(3)30(19)63-17(6)40)10-56-39-29(47)27(45)28(46)33(64-39)34(48)49/h13-16,18-33,35-39,41-47H,8-12H2,1-7H3,(H,48,49)(H,50,51)(H,52,53)/t13?,14?,15?,16?,18-,19+,20?,21+,22+,23+,24?,25?,26?,27+,28-,29?,30+,31+,32+,33?,35+,36+,37+,38+,39-/m0/s1. The van der Waals surface area contributed by atoms with Crippen LogP contribution in [0.25, 0.3) is 0 Å². The summed E-state index contributed by atoms with van der Waals surface area (Å²) >= 11 is -5.91. The van der Waals surface area contributed by atoms with Gasteiger partial charge in [0.15, 0.2) is 37.6 Å². The van der Waals surface area contributed by atoms with Gasteiger partial charge in [-0.25, -0.2) is 14.6 Å². The van der Waals surface area contributed by atoms with Gasteiger partial charge < -0.3 is 93.0 Å². The number of aliphatic hydroxyl groups is 7. The third-order valence-corrected chi connectivity index (χ3v) is 13.5. The topological polar surface area (TPSA) is 409 Å². The van der Waals surface area contributed by atoms with Crippen LogP contribution in [0.1, 0.15) is 48.0 Å². The molecule has 0 radical (unpaired) electrons. The summed E-state index contributed by atoms with van der Waals surface area (Å²) in [5.74, 6) is -7.53. The third-order valence-electron chi connectivity index (χ3n) is 13.1. The minimum Gasteiger partial charge on any atom is -0.479 e. The Kier molecular flexibility index (Phi) is 22.6. The van der Waals surface area contributed by atoms with Crippen molar-refractivity contribution in [2.75, 3.05) is 33.5 Å². The molecule has 27 atom stereocenters. The lowest BCUT2D eigenvalue weighted by atomic mass is 9.82. The van der Waals surface area contributed by atoms with Crippen molar-refractivity contribution in [2.24, 2.45) is 29.6 Å². The number of hydrogen-bond donors (Lipinski definition) is 10. The fourth-order valence-corrected chi connectivity index (χ4v) is 9.63. The minimum absolute atomic E-state index is 0.365. The van der Waals surface area contributed by atoms with E-state index in [9.17, 15) is 68.0 Å². The molecule has 408 valence electrons. The quantitative estimate of drug-likeness (QED) is 0.0216. The van der Waals surface area contributed by atoms with Gasteiger partial charge in [0, 0.05) is 43.6 Å². The van der Waals surface area contributed by atoms with Gasteiger partial charge in [-0.1, -0.05) is 6.92 Å². The summed E-state index contributed by atoms with van der Waals surface area (Å²) in [6.45, 7) is 6.91. The van der Waals surface area contributed by atoms with Crippen molar-refractivity contribution in [3.63, 3.8) is 0 Å². The maximum atomic E-state index is 12.4. The Morgan fingerprint density at radius 3 is 1.33 bits per heavy atom. The zero-order valence-electron chi connectivity index (χ0n) is 39.0. The first-order valence-electron chi connectivity index (χ1n) is 22.3. The Bertz CT molecular complexity index is 1710. The highest BCUT2D eigenvalue weighted by molar-refractivity contribution is 7.74. The molecule has 5 rings (SSSR count). The summed E-state index contributed by atoms with van der Waals surface area (Å²) in [6, 6.07) is 0. The zero-order valence-corrected chi connectivity index (χ0v) is 40.6. The van der Waals surface area contributed by atoms with Crippen LogP contribution in [0, 0.1) is 29.6 Å². The van der Waals surface area contributed by atoms with Crippen molar-refractivity contribution in [3.05, 3.63) is 0 Å². The smallest absolute Gasteiger partial charge is 0.335 e. The Labute approximate surface area is 406 Å². The van der Waals surface area contributed by atoms with E-state index in [0.29, 0.717) is 6.42 Å². The average molecular weight is 1060 g/mol. The van der Waals surface area contributed by atoms with Crippen LogP contribution in [0.5, 0.6) is 0 Å². The largest absolute Gasteiger partial charge is 0.479 e. The zero-order chi connectivity index (χ0) is 51.9. The predicted molar refractivity (Wildman–Crippen MR) is 223 cm³/mol. The van der Waals surface area contributed by atoms with Crippen LogP contribution in [0.2, 0.25) is 0 Å². The first-order chi connectivity index (χ1) is 33.0. The molecule has 10 N–H and O–H groups in total. The molecule has 0 aromatic rings. The van der Waals surface area contributed by atoms with E-state index in [-0.39, 0.29) is 0 Å². The maximum absolute atomic E-state index is 12.4. The number of ether oxygens (including phenoxy) is 11. The molecule has 5 fully saturated rings. The molecule has 31 heteroatoms. The van der Waals surface area contributed by atoms with Gasteiger partial charge in [-0.3, -0.25) is 13.9 Å². The van der Waals surface area contributed by atoms with Crippen LogP contribution in [0.15, 0.2) is 0 Å². The molecule has 70 heavy (non-hydrogen) atoms. The fourth-order valence-electron chi connectivity index (χ4n) is 9.32. The molecule has 5 aliphatic heterocycles. The highest BCUT2D eigenvalue weighted by Gasteiger charge is 2.54. The Balaban J connectivity index is 1.35. The molecular weight excluding hydrogens is 997 g/mol. The molecule has 5 aliphatic rings. The molecule has 0 spiro atoms. The molecule has 0 aromatic heterocycles. The summed E-state index contributed by atoms with van der Waals surface area (Å²) in [5, 5.41) is 85.7. The van der Waals surface area contributed by atoms with Gasteiger partial charge in [0.05, 0.1) is 56.9 Å². The summed E-state index contributed by atoms with van der Waals surface area (Å²) < 4.78 is 115. The normalized spacial score (nSPS) is 45.7. The van der Waals surface area contributed by atoms with Crippen molar-refractivity contribution in [2.45, 2.75) is 171 Å². The predicted octanol–water partition coefficient (Wildman–Crippen LogP) is -3.66. The number of carboxylic acids is 1. The Morgan fingerprint density at radius 1 is 0.500 bits per heavy atom. The molecule has 0 aliphatic carbocycles. The van der Waals surface area contributed by atoms with Gasteiger partial charge in [-0.05, 0) is 34.1 Å². The second-order valence-corrected chi connectivity index (χ2v) is 18.7. The molecule has 0 bridgehead atoms. The lowest BCUT2D eigenvalue weighted by Crippen LogP contribution is -2.61. The van der Waals surface area contributed by atoms with Crippen LogP contribution in [0.4, 0.5) is 0 Å². The maximum Gasteiger partial charge on any atom is 0.335 e. The highest BCUT2D eigenvalue weighted by atomic mass is 32.2. The molecule has 29 nitrogen and oxygen atoms in total. The Hall–Kier alpha value is -1.68. The third kappa shape index (κ3) is 14.4. The fraction of sp³-hybridized carbons (Fsp3) is 0.949. The number of carbonyl (C=O) groups excluding carboxylic acids is 1. The van der Waals surface area contributed by atoms with Gasteiger partial charge in [0.2, 0.25) is 0 Å². The number of aliphatic carboxylic acids is 1. The summed E-state index contributed by atoms with van der Waals surface area (Å²) in [4.78, 5) is 34.5. The van der Waals surface area contributed by atoms with E-state index in [0.717, 1.165) is 6.92 Å². The van der Waals surface area contributed by atoms with Crippen LogP contribution in [0.3, 0.4) is 0 Å². The average Bonchev–Trinajstić information content (AvgIpc) is 3.29. The number of esters is 1. The number of hydrogen-bond acceptors (Lipinski definition) is 26. The summed E-state index contributed by atoms with van der Waals surface area (Å²) in [7, 11) is 1.29.